The van der Waals surface area contributed by atoms with Crippen molar-refractivity contribution in [3.8, 4) is 0 Å². The van der Waals surface area contributed by atoms with Crippen molar-refractivity contribution >= 4 is 31.8 Å². The van der Waals surface area contributed by atoms with E-state index in [-0.39, 0.29) is 11.4 Å². The molecule has 1 N–H and O–H groups in total. The van der Waals surface area contributed by atoms with E-state index in [1.807, 2.05) is 6.92 Å². The number of hydrogen-bond acceptors (Lipinski definition) is 5. The molecule has 0 unspecified atom stereocenters. The summed E-state index contributed by atoms with van der Waals surface area (Å²) in [7, 11) is -0.536. The van der Waals surface area contributed by atoms with E-state index in [2.05, 4.69) is 26.2 Å². The average molecular weight is 352 g/mol. The number of likely N-dealkylation sites (N-methyl/N-ethyl adjacent to an activating group) is 1. The molecule has 0 aliphatic heterocycles. The van der Waals surface area contributed by atoms with Gasteiger partial charge in [-0.3, -0.25) is 0 Å². The van der Waals surface area contributed by atoms with Crippen LogP contribution in [0.3, 0.4) is 0 Å². The fraction of sp³-hybridized carbons (Fsp3) is 0.545. The molecule has 1 heterocycles. The van der Waals surface area contributed by atoms with E-state index >= 15 is 0 Å². The molecule has 108 valence electrons. The Morgan fingerprint density at radius 3 is 2.79 bits per heavy atom. The number of anilines is 1. The molecular formula is C11H18BrN3O3S. The number of pyridine rings is 1. The Bertz CT molecular complexity index is 522. The molecule has 0 spiro atoms. The van der Waals surface area contributed by atoms with Crippen LogP contribution < -0.4 is 5.32 Å². The van der Waals surface area contributed by atoms with Crippen molar-refractivity contribution in [2.45, 2.75) is 11.8 Å². The van der Waals surface area contributed by atoms with Gasteiger partial charge in [-0.2, -0.15) is 4.31 Å². The topological polar surface area (TPSA) is 71.5 Å². The fourth-order valence-electron chi connectivity index (χ4n) is 1.43. The van der Waals surface area contributed by atoms with Crippen LogP contribution in [0.1, 0.15) is 6.92 Å². The zero-order chi connectivity index (χ0) is 14.5. The first-order valence-corrected chi connectivity index (χ1v) is 8.01. The lowest BCUT2D eigenvalue weighted by Crippen LogP contribution is -2.30. The first-order valence-electron chi connectivity index (χ1n) is 5.78. The average Bonchev–Trinajstić information content (AvgIpc) is 2.38. The van der Waals surface area contributed by atoms with Gasteiger partial charge in [0.25, 0.3) is 0 Å². The molecule has 0 radical (unpaired) electrons. The van der Waals surface area contributed by atoms with Crippen LogP contribution in [0.5, 0.6) is 0 Å². The van der Waals surface area contributed by atoms with Gasteiger partial charge in [0.05, 0.1) is 6.61 Å². The fourth-order valence-corrected chi connectivity index (χ4v) is 3.20. The van der Waals surface area contributed by atoms with Gasteiger partial charge in [0.1, 0.15) is 10.7 Å². The second-order valence-electron chi connectivity index (χ2n) is 3.85. The van der Waals surface area contributed by atoms with Gasteiger partial charge < -0.3 is 10.1 Å². The first kappa shape index (κ1) is 16.4. The number of nitrogens with zero attached hydrogens (tertiary/aromatic N) is 2. The molecule has 1 aromatic rings. The molecule has 0 atom stereocenters. The van der Waals surface area contributed by atoms with E-state index in [0.29, 0.717) is 23.4 Å². The molecule has 1 aromatic heterocycles. The third kappa shape index (κ3) is 4.13. The largest absolute Gasteiger partial charge is 0.383 e. The molecule has 0 amide bonds. The van der Waals surface area contributed by atoms with Gasteiger partial charge in [-0.15, -0.1) is 0 Å². The predicted octanol–water partition coefficient (Wildman–Crippen LogP) is 1.54. The van der Waals surface area contributed by atoms with Gasteiger partial charge in [0.15, 0.2) is 0 Å². The minimum atomic E-state index is -3.59. The standard InChI is InChI=1S/C11H18BrN3O3S/c1-4-13-11-10(7-9(12)8-14-11)19(16,17)15(2)5-6-18-3/h7-8H,4-6H2,1-3H3,(H,13,14). The smallest absolute Gasteiger partial charge is 0.246 e. The summed E-state index contributed by atoms with van der Waals surface area (Å²) >= 11 is 3.24. The van der Waals surface area contributed by atoms with Gasteiger partial charge in [0.2, 0.25) is 10.0 Å². The van der Waals surface area contributed by atoms with Crippen molar-refractivity contribution in [3.63, 3.8) is 0 Å². The van der Waals surface area contributed by atoms with Gasteiger partial charge in [-0.05, 0) is 28.9 Å². The Hall–Kier alpha value is -0.700. The number of rotatable bonds is 7. The maximum atomic E-state index is 12.5. The summed E-state index contributed by atoms with van der Waals surface area (Å²) in [5, 5.41) is 2.95. The van der Waals surface area contributed by atoms with Crippen LogP contribution in [0.25, 0.3) is 0 Å². The molecule has 19 heavy (non-hydrogen) atoms. The number of nitrogens with one attached hydrogen (secondary N) is 1. The Kier molecular flexibility index (Phi) is 6.18. The van der Waals surface area contributed by atoms with E-state index < -0.39 is 10.0 Å². The Morgan fingerprint density at radius 2 is 2.21 bits per heavy atom. The van der Waals surface area contributed by atoms with E-state index in [4.69, 9.17) is 4.74 Å². The quantitative estimate of drug-likeness (QED) is 0.806. The van der Waals surface area contributed by atoms with Crippen molar-refractivity contribution in [1.29, 1.82) is 0 Å². The number of ether oxygens (including phenoxy) is 1. The summed E-state index contributed by atoms with van der Waals surface area (Å²) in [5.41, 5.74) is 0. The highest BCUT2D eigenvalue weighted by molar-refractivity contribution is 9.10. The normalized spacial score (nSPS) is 11.8. The molecule has 0 aliphatic rings. The van der Waals surface area contributed by atoms with Gasteiger partial charge in [0, 0.05) is 37.9 Å². The molecule has 1 rings (SSSR count). The summed E-state index contributed by atoms with van der Waals surface area (Å²) in [6.45, 7) is 3.11. The summed E-state index contributed by atoms with van der Waals surface area (Å²) in [4.78, 5) is 4.26. The van der Waals surface area contributed by atoms with Crippen LogP contribution in [0.15, 0.2) is 21.6 Å². The Labute approximate surface area is 122 Å². The molecular weight excluding hydrogens is 334 g/mol. The lowest BCUT2D eigenvalue weighted by Gasteiger charge is -2.18. The monoisotopic (exact) mass is 351 g/mol. The van der Waals surface area contributed by atoms with Crippen molar-refractivity contribution in [2.24, 2.45) is 0 Å². The highest BCUT2D eigenvalue weighted by Crippen LogP contribution is 2.25. The second kappa shape index (κ2) is 7.18. The Balaban J connectivity index is 3.15. The molecule has 0 aliphatic carbocycles. The zero-order valence-corrected chi connectivity index (χ0v) is 13.6. The summed E-state index contributed by atoms with van der Waals surface area (Å²) < 4.78 is 31.7. The summed E-state index contributed by atoms with van der Waals surface area (Å²) in [5.74, 6) is 0.356. The van der Waals surface area contributed by atoms with Gasteiger partial charge in [-0.25, -0.2) is 13.4 Å². The number of aromatic nitrogens is 1. The third-order valence-electron chi connectivity index (χ3n) is 2.46. The number of hydrogen-bond donors (Lipinski definition) is 1. The van der Waals surface area contributed by atoms with Crippen LogP contribution in [0, 0.1) is 0 Å². The van der Waals surface area contributed by atoms with Crippen molar-refractivity contribution in [1.82, 2.24) is 9.29 Å². The highest BCUT2D eigenvalue weighted by atomic mass is 79.9. The number of methoxy groups -OCH3 is 1. The lowest BCUT2D eigenvalue weighted by molar-refractivity contribution is 0.185. The van der Waals surface area contributed by atoms with Crippen molar-refractivity contribution in [3.05, 3.63) is 16.7 Å². The molecule has 6 nitrogen and oxygen atoms in total. The van der Waals surface area contributed by atoms with Gasteiger partial charge in [-0.1, -0.05) is 0 Å². The molecule has 8 heteroatoms. The molecule has 0 bridgehead atoms. The highest BCUT2D eigenvalue weighted by Gasteiger charge is 2.24. The van der Waals surface area contributed by atoms with E-state index in [9.17, 15) is 8.42 Å². The zero-order valence-electron chi connectivity index (χ0n) is 11.2. The van der Waals surface area contributed by atoms with Crippen molar-refractivity contribution < 1.29 is 13.2 Å². The maximum absolute atomic E-state index is 12.5. The van der Waals surface area contributed by atoms with E-state index in [0.717, 1.165) is 0 Å². The third-order valence-corrected chi connectivity index (χ3v) is 4.77. The molecule has 0 saturated carbocycles. The van der Waals surface area contributed by atoms with Crippen molar-refractivity contribution in [2.75, 3.05) is 39.2 Å². The van der Waals surface area contributed by atoms with Crippen LogP contribution in [0.2, 0.25) is 0 Å². The lowest BCUT2D eigenvalue weighted by atomic mass is 10.4. The summed E-state index contributed by atoms with van der Waals surface area (Å²) in [6.07, 6.45) is 1.56. The van der Waals surface area contributed by atoms with Crippen LogP contribution in [-0.4, -0.2) is 51.6 Å². The van der Waals surface area contributed by atoms with Gasteiger partial charge >= 0.3 is 0 Å². The molecule has 0 fully saturated rings. The van der Waals surface area contributed by atoms with Crippen LogP contribution in [0.4, 0.5) is 5.82 Å². The van der Waals surface area contributed by atoms with Crippen LogP contribution >= 0.6 is 15.9 Å². The molecule has 0 saturated heterocycles. The van der Waals surface area contributed by atoms with E-state index in [1.54, 1.807) is 12.3 Å². The Morgan fingerprint density at radius 1 is 1.53 bits per heavy atom. The summed E-state index contributed by atoms with van der Waals surface area (Å²) in [6, 6.07) is 1.55. The van der Waals surface area contributed by atoms with E-state index in [1.165, 1.54) is 18.5 Å². The number of halogens is 1. The number of sulfonamides is 1. The minimum Gasteiger partial charge on any atom is -0.383 e. The van der Waals surface area contributed by atoms with Crippen LogP contribution in [-0.2, 0) is 14.8 Å². The molecule has 0 aromatic carbocycles. The predicted molar refractivity (Wildman–Crippen MR) is 77.8 cm³/mol. The SMILES string of the molecule is CCNc1ncc(Br)cc1S(=O)(=O)N(C)CCOC. The maximum Gasteiger partial charge on any atom is 0.246 e. The second-order valence-corrected chi connectivity index (χ2v) is 6.78. The minimum absolute atomic E-state index is 0.155. The first-order chi connectivity index (χ1) is 8.93.